The van der Waals surface area contributed by atoms with E-state index >= 15 is 0 Å². The first-order valence-corrected chi connectivity index (χ1v) is 10.5. The van der Waals surface area contributed by atoms with E-state index in [1.807, 2.05) is 37.3 Å². The maximum Gasteiger partial charge on any atom is 0.338 e. The first-order chi connectivity index (χ1) is 13.5. The maximum atomic E-state index is 12.8. The number of thioether (sulfide) groups is 1. The minimum Gasteiger partial charge on any atom is -0.462 e. The summed E-state index contributed by atoms with van der Waals surface area (Å²) < 4.78 is 5.99. The Morgan fingerprint density at radius 2 is 2.00 bits per heavy atom. The van der Waals surface area contributed by atoms with Crippen LogP contribution >= 0.6 is 27.7 Å². The molecule has 0 aliphatic carbocycles. The van der Waals surface area contributed by atoms with Crippen LogP contribution in [-0.2, 0) is 9.53 Å². The zero-order valence-electron chi connectivity index (χ0n) is 15.5. The molecule has 0 unspecified atom stereocenters. The fraction of sp³-hybridized carbons (Fsp3) is 0.190. The third-order valence-electron chi connectivity index (χ3n) is 3.93. The highest BCUT2D eigenvalue weighted by Gasteiger charge is 2.32. The molecule has 28 heavy (non-hydrogen) atoms. The van der Waals surface area contributed by atoms with Gasteiger partial charge in [-0.15, -0.1) is 0 Å². The second kappa shape index (κ2) is 9.21. The Hall–Kier alpha value is -2.38. The Morgan fingerprint density at radius 3 is 2.71 bits per heavy atom. The smallest absolute Gasteiger partial charge is 0.338 e. The Labute approximate surface area is 176 Å². The van der Waals surface area contributed by atoms with E-state index in [1.54, 1.807) is 36.1 Å². The number of likely N-dealkylation sites (N-methyl/N-ethyl adjacent to an activating group) is 1. The number of amides is 1. The van der Waals surface area contributed by atoms with Gasteiger partial charge in [-0.05, 0) is 67.6 Å². The van der Waals surface area contributed by atoms with E-state index < -0.39 is 0 Å². The minimum atomic E-state index is -0.387. The molecule has 1 aliphatic rings. The highest BCUT2D eigenvalue weighted by molar-refractivity contribution is 9.10. The molecule has 7 heteroatoms. The predicted molar refractivity (Wildman–Crippen MR) is 117 cm³/mol. The standard InChI is InChI=1S/C21H19BrN2O3S/c1-3-24-19(25)18(12-14-7-5-9-16(22)11-14)28-21(24)23-17-10-6-8-15(13-17)20(26)27-4-2/h5-13H,3-4H2,1-2H3. The largest absolute Gasteiger partial charge is 0.462 e. The number of nitrogens with zero attached hydrogens (tertiary/aromatic N) is 2. The lowest BCUT2D eigenvalue weighted by Crippen LogP contribution is -2.28. The first-order valence-electron chi connectivity index (χ1n) is 8.84. The average molecular weight is 459 g/mol. The van der Waals surface area contributed by atoms with Crippen molar-refractivity contribution in [1.29, 1.82) is 0 Å². The molecule has 0 saturated carbocycles. The third kappa shape index (κ3) is 4.72. The summed E-state index contributed by atoms with van der Waals surface area (Å²) in [6.45, 7) is 4.50. The molecule has 0 bridgehead atoms. The van der Waals surface area contributed by atoms with Crippen molar-refractivity contribution in [3.63, 3.8) is 0 Å². The summed E-state index contributed by atoms with van der Waals surface area (Å²) in [7, 11) is 0. The topological polar surface area (TPSA) is 59.0 Å². The van der Waals surface area contributed by atoms with E-state index in [0.29, 0.717) is 34.5 Å². The molecule has 0 radical (unpaired) electrons. The monoisotopic (exact) mass is 458 g/mol. The molecular formula is C21H19BrN2O3S. The van der Waals surface area contributed by atoms with Crippen LogP contribution in [0.4, 0.5) is 5.69 Å². The van der Waals surface area contributed by atoms with E-state index in [-0.39, 0.29) is 11.9 Å². The van der Waals surface area contributed by atoms with Crippen molar-refractivity contribution < 1.29 is 14.3 Å². The molecule has 1 saturated heterocycles. The molecule has 144 valence electrons. The van der Waals surface area contributed by atoms with Gasteiger partial charge in [-0.3, -0.25) is 9.69 Å². The zero-order valence-corrected chi connectivity index (χ0v) is 17.9. The van der Waals surface area contributed by atoms with Gasteiger partial charge in [0.2, 0.25) is 0 Å². The molecule has 0 atom stereocenters. The van der Waals surface area contributed by atoms with Crippen molar-refractivity contribution in [3.8, 4) is 0 Å². The lowest BCUT2D eigenvalue weighted by molar-refractivity contribution is -0.122. The van der Waals surface area contributed by atoms with Crippen molar-refractivity contribution in [2.45, 2.75) is 13.8 Å². The fourth-order valence-electron chi connectivity index (χ4n) is 2.65. The van der Waals surface area contributed by atoms with Crippen molar-refractivity contribution in [2.75, 3.05) is 13.2 Å². The number of amidine groups is 1. The molecule has 3 rings (SSSR count). The molecule has 1 heterocycles. The number of benzene rings is 2. The van der Waals surface area contributed by atoms with Gasteiger partial charge in [-0.25, -0.2) is 9.79 Å². The van der Waals surface area contributed by atoms with Crippen LogP contribution in [0.15, 0.2) is 62.9 Å². The Balaban J connectivity index is 1.90. The first kappa shape index (κ1) is 20.4. The number of hydrogen-bond donors (Lipinski definition) is 0. The zero-order chi connectivity index (χ0) is 20.1. The number of hydrogen-bond acceptors (Lipinski definition) is 5. The number of halogens is 1. The van der Waals surface area contributed by atoms with Gasteiger partial charge in [-0.1, -0.05) is 34.1 Å². The van der Waals surface area contributed by atoms with Crippen LogP contribution < -0.4 is 0 Å². The van der Waals surface area contributed by atoms with Crippen molar-refractivity contribution >= 4 is 56.5 Å². The molecular weight excluding hydrogens is 440 g/mol. The Kier molecular flexibility index (Phi) is 6.70. The molecule has 0 aromatic heterocycles. The van der Waals surface area contributed by atoms with Crippen molar-refractivity contribution in [2.24, 2.45) is 4.99 Å². The second-order valence-corrected chi connectivity index (χ2v) is 7.81. The normalized spacial score (nSPS) is 16.8. The van der Waals surface area contributed by atoms with E-state index in [0.717, 1.165) is 10.0 Å². The van der Waals surface area contributed by atoms with Gasteiger partial charge in [0.15, 0.2) is 5.17 Å². The molecule has 1 amide bonds. The van der Waals surface area contributed by atoms with E-state index in [4.69, 9.17) is 4.74 Å². The van der Waals surface area contributed by atoms with Crippen LogP contribution in [0.2, 0.25) is 0 Å². The average Bonchev–Trinajstić information content (AvgIpc) is 2.96. The van der Waals surface area contributed by atoms with Gasteiger partial charge >= 0.3 is 5.97 Å². The van der Waals surface area contributed by atoms with Gasteiger partial charge in [0, 0.05) is 11.0 Å². The quantitative estimate of drug-likeness (QED) is 0.453. The van der Waals surface area contributed by atoms with Crippen LogP contribution in [0.5, 0.6) is 0 Å². The van der Waals surface area contributed by atoms with Gasteiger partial charge in [0.1, 0.15) is 0 Å². The summed E-state index contributed by atoms with van der Waals surface area (Å²) in [5.41, 5.74) is 1.97. The van der Waals surface area contributed by atoms with Gasteiger partial charge in [0.05, 0.1) is 22.8 Å². The van der Waals surface area contributed by atoms with Crippen LogP contribution in [0, 0.1) is 0 Å². The molecule has 1 aliphatic heterocycles. The summed E-state index contributed by atoms with van der Waals surface area (Å²) in [6, 6.07) is 14.7. The minimum absolute atomic E-state index is 0.0761. The molecule has 2 aromatic carbocycles. The van der Waals surface area contributed by atoms with Gasteiger partial charge in [-0.2, -0.15) is 0 Å². The van der Waals surface area contributed by atoms with Crippen LogP contribution in [0.3, 0.4) is 0 Å². The highest BCUT2D eigenvalue weighted by atomic mass is 79.9. The van der Waals surface area contributed by atoms with E-state index in [9.17, 15) is 9.59 Å². The molecule has 2 aromatic rings. The summed E-state index contributed by atoms with van der Waals surface area (Å²) in [5.74, 6) is -0.463. The van der Waals surface area contributed by atoms with Crippen LogP contribution in [0.25, 0.3) is 6.08 Å². The lowest BCUT2D eigenvalue weighted by Gasteiger charge is -2.12. The van der Waals surface area contributed by atoms with Gasteiger partial charge < -0.3 is 4.74 Å². The van der Waals surface area contributed by atoms with E-state index in [1.165, 1.54) is 11.8 Å². The third-order valence-corrected chi connectivity index (χ3v) is 5.43. The molecule has 5 nitrogen and oxygen atoms in total. The van der Waals surface area contributed by atoms with Crippen LogP contribution in [-0.4, -0.2) is 35.1 Å². The SMILES string of the molecule is CCOC(=O)c1cccc(N=C2SC(=Cc3cccc(Br)c3)C(=O)N2CC)c1. The summed E-state index contributed by atoms with van der Waals surface area (Å²) in [5, 5.41) is 0.592. The van der Waals surface area contributed by atoms with Crippen molar-refractivity contribution in [1.82, 2.24) is 4.90 Å². The highest BCUT2D eigenvalue weighted by Crippen LogP contribution is 2.34. The van der Waals surface area contributed by atoms with Crippen LogP contribution in [0.1, 0.15) is 29.8 Å². The number of carbonyl (C=O) groups excluding carboxylic acids is 2. The fourth-order valence-corrected chi connectivity index (χ4v) is 4.12. The van der Waals surface area contributed by atoms with Gasteiger partial charge in [0.25, 0.3) is 5.91 Å². The summed E-state index contributed by atoms with van der Waals surface area (Å²) in [6.07, 6.45) is 1.86. The number of rotatable bonds is 5. The molecule has 1 fully saturated rings. The maximum absolute atomic E-state index is 12.8. The summed E-state index contributed by atoms with van der Waals surface area (Å²) in [4.78, 5) is 31.5. The summed E-state index contributed by atoms with van der Waals surface area (Å²) >= 11 is 4.77. The number of carbonyl (C=O) groups is 2. The second-order valence-electron chi connectivity index (χ2n) is 5.88. The van der Waals surface area contributed by atoms with Crippen molar-refractivity contribution in [3.05, 3.63) is 69.0 Å². The lowest BCUT2D eigenvalue weighted by atomic mass is 10.2. The Morgan fingerprint density at radius 1 is 1.21 bits per heavy atom. The predicted octanol–water partition coefficient (Wildman–Crippen LogP) is 5.25. The molecule has 0 spiro atoms. The number of ether oxygens (including phenoxy) is 1. The number of esters is 1. The van der Waals surface area contributed by atoms with E-state index in [2.05, 4.69) is 20.9 Å². The number of aliphatic imine (C=N–C) groups is 1. The Bertz CT molecular complexity index is 972. The molecule has 0 N–H and O–H groups in total.